The molecule has 6 nitrogen and oxygen atoms in total. The molecule has 0 heterocycles. The van der Waals surface area contributed by atoms with E-state index in [2.05, 4.69) is 10.0 Å². The van der Waals surface area contributed by atoms with Crippen LogP contribution >= 0.6 is 11.6 Å². The Labute approximate surface area is 180 Å². The van der Waals surface area contributed by atoms with Gasteiger partial charge in [0.15, 0.2) is 0 Å². The first kappa shape index (κ1) is 21.7. The van der Waals surface area contributed by atoms with Crippen LogP contribution in [0.1, 0.15) is 24.2 Å². The molecule has 0 saturated carbocycles. The molecular weight excluding hydrogens is 424 g/mol. The number of benzene rings is 3. The van der Waals surface area contributed by atoms with Crippen molar-refractivity contribution in [3.8, 4) is 5.75 Å². The zero-order valence-corrected chi connectivity index (χ0v) is 18.0. The first-order valence-corrected chi connectivity index (χ1v) is 11.1. The normalized spacial score (nSPS) is 11.2. The Kier molecular flexibility index (Phi) is 6.64. The number of carbonyl (C=O) groups is 1. The summed E-state index contributed by atoms with van der Waals surface area (Å²) in [7, 11) is -3.78. The molecule has 0 aliphatic rings. The highest BCUT2D eigenvalue weighted by atomic mass is 35.5. The number of nitrogens with one attached hydrogen (secondary N) is 2. The number of hydrogen-bond acceptors (Lipinski definition) is 4. The number of amides is 1. The van der Waals surface area contributed by atoms with Crippen LogP contribution in [0.4, 0.5) is 11.4 Å². The fourth-order valence-corrected chi connectivity index (χ4v) is 3.94. The van der Waals surface area contributed by atoms with Crippen molar-refractivity contribution in [2.24, 2.45) is 0 Å². The Morgan fingerprint density at radius 3 is 2.20 bits per heavy atom. The van der Waals surface area contributed by atoms with Crippen LogP contribution in [0.3, 0.4) is 0 Å². The van der Waals surface area contributed by atoms with E-state index in [0.29, 0.717) is 11.4 Å². The van der Waals surface area contributed by atoms with Crippen molar-refractivity contribution in [3.63, 3.8) is 0 Å². The minimum absolute atomic E-state index is 0.0478. The molecule has 0 saturated heterocycles. The van der Waals surface area contributed by atoms with Gasteiger partial charge in [-0.2, -0.15) is 0 Å². The fraction of sp³-hybridized carbons (Fsp3) is 0.136. The monoisotopic (exact) mass is 444 g/mol. The highest BCUT2D eigenvalue weighted by molar-refractivity contribution is 7.92. The van der Waals surface area contributed by atoms with Gasteiger partial charge in [0.05, 0.1) is 21.6 Å². The minimum atomic E-state index is -3.78. The van der Waals surface area contributed by atoms with E-state index in [4.69, 9.17) is 16.3 Å². The number of sulfonamides is 1. The van der Waals surface area contributed by atoms with Crippen LogP contribution in [-0.2, 0) is 10.0 Å². The summed E-state index contributed by atoms with van der Waals surface area (Å²) in [6.07, 6.45) is 0.0478. The Balaban J connectivity index is 1.77. The average Bonchev–Trinajstić information content (AvgIpc) is 2.71. The summed E-state index contributed by atoms with van der Waals surface area (Å²) in [6, 6.07) is 19.3. The van der Waals surface area contributed by atoms with Crippen molar-refractivity contribution in [1.29, 1.82) is 0 Å². The maximum absolute atomic E-state index is 12.7. The van der Waals surface area contributed by atoms with Crippen LogP contribution < -0.4 is 14.8 Å². The zero-order chi connectivity index (χ0) is 21.7. The molecule has 1 amide bonds. The summed E-state index contributed by atoms with van der Waals surface area (Å²) >= 11 is 6.17. The summed E-state index contributed by atoms with van der Waals surface area (Å²) in [4.78, 5) is 12.8. The highest BCUT2D eigenvalue weighted by Gasteiger charge is 2.17. The number of carbonyl (C=O) groups excluding carboxylic acids is 1. The molecule has 8 heteroatoms. The number of anilines is 2. The number of hydrogen-bond donors (Lipinski definition) is 2. The Bertz CT molecular complexity index is 1130. The van der Waals surface area contributed by atoms with Gasteiger partial charge in [-0.15, -0.1) is 0 Å². The number of ether oxygens (including phenoxy) is 1. The summed E-state index contributed by atoms with van der Waals surface area (Å²) < 4.78 is 33.1. The molecule has 0 atom stereocenters. The second kappa shape index (κ2) is 9.19. The topological polar surface area (TPSA) is 84.5 Å². The van der Waals surface area contributed by atoms with Crippen LogP contribution in [-0.4, -0.2) is 20.4 Å². The van der Waals surface area contributed by atoms with E-state index in [1.54, 1.807) is 42.5 Å². The molecule has 3 rings (SSSR count). The summed E-state index contributed by atoms with van der Waals surface area (Å²) in [5.41, 5.74) is 0.934. The summed E-state index contributed by atoms with van der Waals surface area (Å²) in [5, 5.41) is 2.95. The van der Waals surface area contributed by atoms with E-state index in [9.17, 15) is 13.2 Å². The first-order chi connectivity index (χ1) is 14.2. The van der Waals surface area contributed by atoms with Gasteiger partial charge in [-0.25, -0.2) is 8.42 Å². The van der Waals surface area contributed by atoms with Gasteiger partial charge in [-0.3, -0.25) is 9.52 Å². The molecule has 3 aromatic rings. The molecule has 0 unspecified atom stereocenters. The second-order valence-corrected chi connectivity index (χ2v) is 8.85. The third-order valence-electron chi connectivity index (χ3n) is 4.00. The van der Waals surface area contributed by atoms with E-state index < -0.39 is 15.9 Å². The maximum atomic E-state index is 12.7. The third kappa shape index (κ3) is 5.52. The smallest absolute Gasteiger partial charge is 0.261 e. The maximum Gasteiger partial charge on any atom is 0.261 e. The van der Waals surface area contributed by atoms with Gasteiger partial charge >= 0.3 is 0 Å². The molecular formula is C22H21ClN2O4S. The van der Waals surface area contributed by atoms with Crippen LogP contribution in [0.2, 0.25) is 5.02 Å². The number of rotatable bonds is 7. The molecule has 156 valence electrons. The molecule has 30 heavy (non-hydrogen) atoms. The van der Waals surface area contributed by atoms with Crippen LogP contribution in [0, 0.1) is 0 Å². The average molecular weight is 445 g/mol. The van der Waals surface area contributed by atoms with Gasteiger partial charge in [0.2, 0.25) is 0 Å². The van der Waals surface area contributed by atoms with E-state index in [-0.39, 0.29) is 27.3 Å². The van der Waals surface area contributed by atoms with Crippen molar-refractivity contribution < 1.29 is 17.9 Å². The molecule has 0 radical (unpaired) electrons. The number of halogens is 1. The van der Waals surface area contributed by atoms with Crippen molar-refractivity contribution in [3.05, 3.63) is 83.4 Å². The lowest BCUT2D eigenvalue weighted by molar-refractivity contribution is 0.102. The molecule has 0 bridgehead atoms. The van der Waals surface area contributed by atoms with Gasteiger partial charge in [-0.1, -0.05) is 29.8 Å². The molecule has 0 aromatic heterocycles. The minimum Gasteiger partial charge on any atom is -0.491 e. The predicted octanol–water partition coefficient (Wildman–Crippen LogP) is 5.18. The second-order valence-electron chi connectivity index (χ2n) is 6.76. The lowest BCUT2D eigenvalue weighted by Crippen LogP contribution is -2.15. The van der Waals surface area contributed by atoms with Crippen molar-refractivity contribution >= 4 is 38.9 Å². The third-order valence-corrected chi connectivity index (χ3v) is 5.73. The zero-order valence-electron chi connectivity index (χ0n) is 16.4. The highest BCUT2D eigenvalue weighted by Crippen LogP contribution is 2.24. The van der Waals surface area contributed by atoms with Gasteiger partial charge in [0.25, 0.3) is 15.9 Å². The van der Waals surface area contributed by atoms with Gasteiger partial charge in [-0.05, 0) is 68.4 Å². The van der Waals surface area contributed by atoms with E-state index in [1.807, 2.05) is 13.8 Å². The van der Waals surface area contributed by atoms with Crippen molar-refractivity contribution in [1.82, 2.24) is 0 Å². The molecule has 0 aliphatic carbocycles. The molecule has 0 spiro atoms. The summed E-state index contributed by atoms with van der Waals surface area (Å²) in [6.45, 7) is 3.85. The first-order valence-electron chi connectivity index (χ1n) is 9.20. The SMILES string of the molecule is CC(C)Oc1ccc(NC(=O)c2cc(NS(=O)(=O)c3ccccc3)ccc2Cl)cc1. The van der Waals surface area contributed by atoms with E-state index in [0.717, 1.165) is 0 Å². The molecule has 2 N–H and O–H groups in total. The molecule has 3 aromatic carbocycles. The Morgan fingerprint density at radius 2 is 1.57 bits per heavy atom. The van der Waals surface area contributed by atoms with Gasteiger partial charge in [0.1, 0.15) is 5.75 Å². The largest absolute Gasteiger partial charge is 0.491 e. The van der Waals surface area contributed by atoms with Crippen molar-refractivity contribution in [2.45, 2.75) is 24.8 Å². The Hall–Kier alpha value is -3.03. The summed E-state index contributed by atoms with van der Waals surface area (Å²) in [5.74, 6) is 0.233. The van der Waals surface area contributed by atoms with Gasteiger partial charge < -0.3 is 10.1 Å². The van der Waals surface area contributed by atoms with Crippen molar-refractivity contribution in [2.75, 3.05) is 10.0 Å². The molecule has 0 aliphatic heterocycles. The van der Waals surface area contributed by atoms with Crippen LogP contribution in [0.5, 0.6) is 5.75 Å². The van der Waals surface area contributed by atoms with Crippen LogP contribution in [0.25, 0.3) is 0 Å². The fourth-order valence-electron chi connectivity index (χ4n) is 2.66. The van der Waals surface area contributed by atoms with E-state index >= 15 is 0 Å². The van der Waals surface area contributed by atoms with Gasteiger partial charge in [0, 0.05) is 11.4 Å². The lowest BCUT2D eigenvalue weighted by atomic mass is 10.2. The predicted molar refractivity (Wildman–Crippen MR) is 119 cm³/mol. The van der Waals surface area contributed by atoms with Crippen LogP contribution in [0.15, 0.2) is 77.7 Å². The standard InChI is InChI=1S/C22H21ClN2O4S/c1-15(2)29-18-11-8-16(9-12-18)24-22(26)20-14-17(10-13-21(20)23)25-30(27,28)19-6-4-3-5-7-19/h3-15,25H,1-2H3,(H,24,26). The van der Waals surface area contributed by atoms with E-state index in [1.165, 1.54) is 30.3 Å². The Morgan fingerprint density at radius 1 is 0.933 bits per heavy atom. The molecule has 0 fully saturated rings. The quantitative estimate of drug-likeness (QED) is 0.525. The lowest BCUT2D eigenvalue weighted by Gasteiger charge is -2.12.